The molecule has 0 atom stereocenters. The number of nitrogens with zero attached hydrogens (tertiary/aromatic N) is 2. The molecule has 2 aliphatic heterocycles. The summed E-state index contributed by atoms with van der Waals surface area (Å²) in [5.41, 5.74) is 0. The Balaban J connectivity index is 2.07. The third kappa shape index (κ3) is 1.55. The van der Waals surface area contributed by atoms with Crippen molar-refractivity contribution in [1.82, 2.24) is 9.89 Å². The van der Waals surface area contributed by atoms with Crippen LogP contribution in [0.2, 0.25) is 0 Å². The molecule has 2 heterocycles. The van der Waals surface area contributed by atoms with E-state index in [-0.39, 0.29) is 0 Å². The summed E-state index contributed by atoms with van der Waals surface area (Å²) in [5.74, 6) is 1.40. The van der Waals surface area contributed by atoms with Gasteiger partial charge in [-0.25, -0.2) is 0 Å². The maximum atomic E-state index is 4.55. The molecule has 0 aliphatic carbocycles. The van der Waals surface area contributed by atoms with Crippen LogP contribution in [0.5, 0.6) is 0 Å². The molecule has 0 amide bonds. The van der Waals surface area contributed by atoms with E-state index in [0.29, 0.717) is 0 Å². The van der Waals surface area contributed by atoms with Gasteiger partial charge in [0.05, 0.1) is 19.5 Å². The number of rotatable bonds is 0. The summed E-state index contributed by atoms with van der Waals surface area (Å²) in [7, 11) is 0. The molecule has 0 saturated carbocycles. The Labute approximate surface area is 68.3 Å². The average Bonchev–Trinajstić information content (AvgIpc) is 2.28. The van der Waals surface area contributed by atoms with E-state index < -0.39 is 0 Å². The molecule has 0 unspecified atom stereocenters. The molecular weight excluding hydrogens is 136 g/mol. The van der Waals surface area contributed by atoms with Crippen LogP contribution < -0.4 is 4.99 Å². The zero-order chi connectivity index (χ0) is 7.52. The van der Waals surface area contributed by atoms with Crippen molar-refractivity contribution >= 4 is 5.84 Å². The lowest BCUT2D eigenvalue weighted by atomic mass is 10.2. The van der Waals surface area contributed by atoms with Crippen LogP contribution in [0.25, 0.3) is 0 Å². The summed E-state index contributed by atoms with van der Waals surface area (Å²) in [6.07, 6.45) is 6.63. The van der Waals surface area contributed by atoms with Gasteiger partial charge in [-0.3, -0.25) is 4.90 Å². The Hall–Kier alpha value is -0.530. The van der Waals surface area contributed by atoms with Crippen molar-refractivity contribution in [3.05, 3.63) is 0 Å². The third-order valence-electron chi connectivity index (χ3n) is 2.57. The third-order valence-corrected chi connectivity index (χ3v) is 2.57. The molecule has 2 heteroatoms. The van der Waals surface area contributed by atoms with Crippen LogP contribution in [0.3, 0.4) is 0 Å². The number of fused-ring (bicyclic) bond motifs is 1. The van der Waals surface area contributed by atoms with Gasteiger partial charge in [0.15, 0.2) is 0 Å². The highest BCUT2D eigenvalue weighted by molar-refractivity contribution is 5.81. The minimum atomic E-state index is 1.08. The lowest BCUT2D eigenvalue weighted by molar-refractivity contribution is 0.382. The summed E-state index contributed by atoms with van der Waals surface area (Å²) in [4.78, 5) is 7.04. The Bertz CT molecular complexity index is 163. The number of hydrogen-bond acceptors (Lipinski definition) is 2. The second-order valence-electron chi connectivity index (χ2n) is 3.45. The first-order valence-corrected chi connectivity index (χ1v) is 4.75. The molecule has 0 aromatic rings. The summed E-state index contributed by atoms with van der Waals surface area (Å²) < 4.78 is 0. The molecule has 11 heavy (non-hydrogen) atoms. The molecule has 1 fully saturated rings. The summed E-state index contributed by atoms with van der Waals surface area (Å²) >= 11 is 0. The van der Waals surface area contributed by atoms with Gasteiger partial charge in [-0.2, -0.15) is 0 Å². The minimum Gasteiger partial charge on any atom is -0.262 e. The van der Waals surface area contributed by atoms with Crippen LogP contribution in [-0.2, 0) is 0 Å². The number of hydrogen-bond donors (Lipinski definition) is 0. The Morgan fingerprint density at radius 1 is 1.00 bits per heavy atom. The van der Waals surface area contributed by atoms with Gasteiger partial charge < -0.3 is 0 Å². The molecule has 61 valence electrons. The quantitative estimate of drug-likeness (QED) is 0.506. The Morgan fingerprint density at radius 2 is 1.91 bits per heavy atom. The molecule has 0 aromatic carbocycles. The predicted molar refractivity (Wildman–Crippen MR) is 46.7 cm³/mol. The zero-order valence-electron chi connectivity index (χ0n) is 7.05. The molecule has 2 rings (SSSR count). The zero-order valence-corrected chi connectivity index (χ0v) is 7.05. The van der Waals surface area contributed by atoms with Gasteiger partial charge in [-0.05, 0) is 19.3 Å². The van der Waals surface area contributed by atoms with Crippen molar-refractivity contribution in [3.63, 3.8) is 0 Å². The van der Waals surface area contributed by atoms with Crippen molar-refractivity contribution in [2.24, 2.45) is 0 Å². The first-order chi connectivity index (χ1) is 5.47. The van der Waals surface area contributed by atoms with E-state index in [0.717, 1.165) is 6.54 Å². The predicted octanol–water partition coefficient (Wildman–Crippen LogP) is 1.00. The first-order valence-electron chi connectivity index (χ1n) is 4.75. The van der Waals surface area contributed by atoms with E-state index in [2.05, 4.69) is 9.89 Å². The second-order valence-corrected chi connectivity index (χ2v) is 3.45. The van der Waals surface area contributed by atoms with Crippen LogP contribution in [-0.4, -0.2) is 30.4 Å². The highest BCUT2D eigenvalue weighted by atomic mass is 15.2. The van der Waals surface area contributed by atoms with Crippen molar-refractivity contribution < 1.29 is 0 Å². The fourth-order valence-corrected chi connectivity index (χ4v) is 1.94. The van der Waals surface area contributed by atoms with E-state index >= 15 is 0 Å². The van der Waals surface area contributed by atoms with Crippen molar-refractivity contribution in [2.45, 2.75) is 32.1 Å². The fourth-order valence-electron chi connectivity index (χ4n) is 1.94. The van der Waals surface area contributed by atoms with E-state index in [1.54, 1.807) is 0 Å². The second kappa shape index (κ2) is 3.24. The molecule has 1 saturated heterocycles. The number of aliphatic imine (C=N–C) groups is 1. The van der Waals surface area contributed by atoms with Crippen molar-refractivity contribution in [3.8, 4) is 0 Å². The van der Waals surface area contributed by atoms with Crippen LogP contribution in [0, 0.1) is 0 Å². The maximum Gasteiger partial charge on any atom is 0.287 e. The topological polar surface area (TPSA) is 17.3 Å². The summed E-state index contributed by atoms with van der Waals surface area (Å²) in [5, 5.41) is 0. The van der Waals surface area contributed by atoms with Gasteiger partial charge in [-0.1, -0.05) is 4.99 Å². The van der Waals surface area contributed by atoms with Gasteiger partial charge in [-0.15, -0.1) is 0 Å². The molecular formula is C9H16N2+. The van der Waals surface area contributed by atoms with E-state index in [4.69, 9.17) is 0 Å². The maximum absolute atomic E-state index is 4.55. The van der Waals surface area contributed by atoms with Crippen LogP contribution >= 0.6 is 0 Å². The highest BCUT2D eigenvalue weighted by Gasteiger charge is 2.25. The monoisotopic (exact) mass is 152 g/mol. The summed E-state index contributed by atoms with van der Waals surface area (Å²) in [6.45, 7) is 3.60. The lowest BCUT2D eigenvalue weighted by Gasteiger charge is -2.17. The Morgan fingerprint density at radius 3 is 2.91 bits per heavy atom. The van der Waals surface area contributed by atoms with Crippen molar-refractivity contribution in [1.29, 1.82) is 0 Å². The smallest absolute Gasteiger partial charge is 0.262 e. The van der Waals surface area contributed by atoms with Crippen LogP contribution in [0.15, 0.2) is 0 Å². The largest absolute Gasteiger partial charge is 0.287 e. The van der Waals surface area contributed by atoms with Gasteiger partial charge in [0.2, 0.25) is 0 Å². The fraction of sp³-hybridized carbons (Fsp3) is 0.889. The molecule has 0 spiro atoms. The molecule has 0 N–H and O–H groups in total. The van der Waals surface area contributed by atoms with Crippen LogP contribution in [0.4, 0.5) is 0 Å². The average molecular weight is 152 g/mol. The highest BCUT2D eigenvalue weighted by Crippen LogP contribution is 2.12. The van der Waals surface area contributed by atoms with Crippen LogP contribution in [0.1, 0.15) is 32.1 Å². The normalized spacial score (nSPS) is 25.5. The molecule has 2 aliphatic rings. The molecule has 0 bridgehead atoms. The number of amidine groups is 1. The van der Waals surface area contributed by atoms with E-state index in [1.165, 1.54) is 51.0 Å². The standard InChI is InChI=1S/C9H16N2/c1-2-5-9-10-6-4-8-11(9)7-3-1/h1-8H2/q+1. The van der Waals surface area contributed by atoms with Gasteiger partial charge >= 0.3 is 0 Å². The first kappa shape index (κ1) is 7.14. The van der Waals surface area contributed by atoms with Crippen molar-refractivity contribution in [2.75, 3.05) is 19.6 Å². The lowest BCUT2D eigenvalue weighted by Crippen LogP contribution is -2.39. The summed E-state index contributed by atoms with van der Waals surface area (Å²) in [6, 6.07) is 0. The van der Waals surface area contributed by atoms with E-state index in [1.807, 2.05) is 0 Å². The minimum absolute atomic E-state index is 1.08. The molecule has 1 radical (unpaired) electrons. The Kier molecular flexibility index (Phi) is 2.11. The van der Waals surface area contributed by atoms with E-state index in [9.17, 15) is 0 Å². The molecule has 2 nitrogen and oxygen atoms in total. The molecule has 0 aromatic heterocycles. The van der Waals surface area contributed by atoms with Gasteiger partial charge in [0.25, 0.3) is 5.84 Å². The van der Waals surface area contributed by atoms with Gasteiger partial charge in [0.1, 0.15) is 6.54 Å². The van der Waals surface area contributed by atoms with Gasteiger partial charge in [0, 0.05) is 6.42 Å². The SMILES string of the molecule is C1CCC2=[N+]CCCN2CC1.